The fourth-order valence-electron chi connectivity index (χ4n) is 2.26. The zero-order valence-electron chi connectivity index (χ0n) is 14.0. The summed E-state index contributed by atoms with van der Waals surface area (Å²) in [5.74, 6) is 0.143. The van der Waals surface area contributed by atoms with E-state index in [1.54, 1.807) is 25.1 Å². The Morgan fingerprint density at radius 2 is 1.83 bits per heavy atom. The Labute approximate surface area is 140 Å². The molecule has 0 fully saturated rings. The van der Waals surface area contributed by atoms with Gasteiger partial charge in [-0.3, -0.25) is 14.9 Å². The lowest BCUT2D eigenvalue weighted by molar-refractivity contribution is -0.384. The van der Waals surface area contributed by atoms with Crippen LogP contribution >= 0.6 is 0 Å². The quantitative estimate of drug-likeness (QED) is 0.646. The summed E-state index contributed by atoms with van der Waals surface area (Å²) >= 11 is 0. The van der Waals surface area contributed by atoms with Crippen molar-refractivity contribution in [2.24, 2.45) is 0 Å². The van der Waals surface area contributed by atoms with Crippen molar-refractivity contribution in [3.05, 3.63) is 63.2 Å². The van der Waals surface area contributed by atoms with Gasteiger partial charge in [-0.25, -0.2) is 0 Å². The summed E-state index contributed by atoms with van der Waals surface area (Å²) in [6.45, 7) is 5.42. The number of rotatable bonds is 6. The summed E-state index contributed by atoms with van der Waals surface area (Å²) in [5, 5.41) is 13.7. The summed E-state index contributed by atoms with van der Waals surface area (Å²) in [5.41, 5.74) is 2.81. The van der Waals surface area contributed by atoms with Gasteiger partial charge in [0, 0.05) is 6.07 Å². The maximum atomic E-state index is 12.1. The van der Waals surface area contributed by atoms with E-state index in [4.69, 9.17) is 4.74 Å². The first kappa shape index (κ1) is 17.5. The van der Waals surface area contributed by atoms with Crippen LogP contribution in [0.2, 0.25) is 0 Å². The summed E-state index contributed by atoms with van der Waals surface area (Å²) in [6, 6.07) is 10.5. The normalized spacial score (nSPS) is 10.3. The molecule has 126 valence electrons. The van der Waals surface area contributed by atoms with E-state index < -0.39 is 10.8 Å². The van der Waals surface area contributed by atoms with Crippen molar-refractivity contribution < 1.29 is 14.5 Å². The topological polar surface area (TPSA) is 81.5 Å². The number of hydrogen-bond acceptors (Lipinski definition) is 4. The average molecular weight is 328 g/mol. The first-order valence-corrected chi connectivity index (χ1v) is 7.68. The second kappa shape index (κ2) is 7.59. The highest BCUT2D eigenvalue weighted by Gasteiger charge is 2.19. The van der Waals surface area contributed by atoms with Crippen molar-refractivity contribution in [3.8, 4) is 5.75 Å². The van der Waals surface area contributed by atoms with Crippen LogP contribution in [0.15, 0.2) is 36.4 Å². The van der Waals surface area contributed by atoms with Crippen molar-refractivity contribution in [1.82, 2.24) is 0 Å². The minimum Gasteiger partial charge on any atom is -0.484 e. The molecule has 0 bridgehead atoms. The number of ether oxygens (including phenoxy) is 1. The van der Waals surface area contributed by atoms with Crippen molar-refractivity contribution in [3.63, 3.8) is 0 Å². The highest BCUT2D eigenvalue weighted by Crippen LogP contribution is 2.30. The number of nitrogens with one attached hydrogen (secondary N) is 1. The third kappa shape index (κ3) is 4.10. The van der Waals surface area contributed by atoms with Gasteiger partial charge in [0.15, 0.2) is 6.61 Å². The van der Waals surface area contributed by atoms with Gasteiger partial charge in [-0.2, -0.15) is 0 Å². The Hall–Kier alpha value is -2.89. The molecule has 0 heterocycles. The molecule has 0 aliphatic carbocycles. The van der Waals surface area contributed by atoms with Gasteiger partial charge in [-0.1, -0.05) is 25.1 Å². The van der Waals surface area contributed by atoms with E-state index in [1.807, 2.05) is 19.1 Å². The second-order valence-electron chi connectivity index (χ2n) is 5.49. The second-order valence-corrected chi connectivity index (χ2v) is 5.49. The highest BCUT2D eigenvalue weighted by molar-refractivity contribution is 5.95. The molecular weight excluding hydrogens is 308 g/mol. The van der Waals surface area contributed by atoms with Crippen LogP contribution in [0.25, 0.3) is 0 Å². The van der Waals surface area contributed by atoms with Crippen LogP contribution in [0.3, 0.4) is 0 Å². The summed E-state index contributed by atoms with van der Waals surface area (Å²) in [4.78, 5) is 22.7. The molecular formula is C18H20N2O4. The number of anilines is 1. The van der Waals surface area contributed by atoms with Crippen LogP contribution in [0.5, 0.6) is 5.75 Å². The van der Waals surface area contributed by atoms with Gasteiger partial charge < -0.3 is 10.1 Å². The number of amides is 1. The summed E-state index contributed by atoms with van der Waals surface area (Å²) < 4.78 is 5.43. The van der Waals surface area contributed by atoms with Crippen LogP contribution in [-0.2, 0) is 11.2 Å². The van der Waals surface area contributed by atoms with Gasteiger partial charge in [0.25, 0.3) is 11.6 Å². The Bertz CT molecular complexity index is 754. The Kier molecular flexibility index (Phi) is 5.52. The fourth-order valence-corrected chi connectivity index (χ4v) is 2.26. The number of hydrogen-bond donors (Lipinski definition) is 1. The molecule has 0 radical (unpaired) electrons. The first-order chi connectivity index (χ1) is 11.4. The third-order valence-electron chi connectivity index (χ3n) is 3.88. The van der Waals surface area contributed by atoms with Crippen LogP contribution < -0.4 is 10.1 Å². The van der Waals surface area contributed by atoms with Crippen molar-refractivity contribution in [2.75, 3.05) is 11.9 Å². The number of nitro benzene ring substituents is 1. The average Bonchev–Trinajstić information content (AvgIpc) is 2.57. The maximum absolute atomic E-state index is 12.1. The van der Waals surface area contributed by atoms with Crippen molar-refractivity contribution >= 4 is 17.3 Å². The van der Waals surface area contributed by atoms with Crippen molar-refractivity contribution in [1.29, 1.82) is 0 Å². The zero-order valence-corrected chi connectivity index (χ0v) is 14.0. The molecule has 2 rings (SSSR count). The van der Waals surface area contributed by atoms with E-state index >= 15 is 0 Å². The van der Waals surface area contributed by atoms with Gasteiger partial charge >= 0.3 is 0 Å². The molecule has 1 N–H and O–H groups in total. The van der Waals surface area contributed by atoms with E-state index in [1.165, 1.54) is 11.6 Å². The third-order valence-corrected chi connectivity index (χ3v) is 3.88. The molecule has 0 unspecified atom stereocenters. The zero-order chi connectivity index (χ0) is 17.7. The van der Waals surface area contributed by atoms with Crippen LogP contribution in [0.1, 0.15) is 23.6 Å². The Morgan fingerprint density at radius 3 is 2.42 bits per heavy atom. The van der Waals surface area contributed by atoms with Crippen molar-refractivity contribution in [2.45, 2.75) is 27.2 Å². The van der Waals surface area contributed by atoms with Gasteiger partial charge in [-0.15, -0.1) is 0 Å². The molecule has 0 aromatic heterocycles. The standard InChI is InChI=1S/C18H20N2O4/c1-4-14-6-8-15(9-7-14)24-11-17(21)19-18-13(3)12(2)5-10-16(18)20(22)23/h5-10H,4,11H2,1-3H3,(H,19,21). The molecule has 1 amide bonds. The number of nitrogens with zero attached hydrogens (tertiary/aromatic N) is 1. The summed E-state index contributed by atoms with van der Waals surface area (Å²) in [7, 11) is 0. The van der Waals surface area contributed by atoms with Crippen LogP contribution in [0, 0.1) is 24.0 Å². The minimum absolute atomic E-state index is 0.126. The molecule has 2 aromatic carbocycles. The molecule has 0 saturated heterocycles. The smallest absolute Gasteiger partial charge is 0.293 e. The molecule has 0 saturated carbocycles. The molecule has 24 heavy (non-hydrogen) atoms. The SMILES string of the molecule is CCc1ccc(OCC(=O)Nc2c([N+](=O)[O-])ccc(C)c2C)cc1. The van der Waals surface area contributed by atoms with E-state index in [9.17, 15) is 14.9 Å². The molecule has 0 aliphatic rings. The molecule has 0 aliphatic heterocycles. The predicted molar refractivity (Wildman–Crippen MR) is 92.5 cm³/mol. The Balaban J connectivity index is 2.06. The molecule has 6 nitrogen and oxygen atoms in total. The minimum atomic E-state index is -0.508. The lowest BCUT2D eigenvalue weighted by atomic mass is 10.1. The van der Waals surface area contributed by atoms with Crippen LogP contribution in [0.4, 0.5) is 11.4 Å². The largest absolute Gasteiger partial charge is 0.484 e. The number of aryl methyl sites for hydroxylation is 2. The monoisotopic (exact) mass is 328 g/mol. The number of nitro groups is 1. The predicted octanol–water partition coefficient (Wildman–Crippen LogP) is 3.79. The lowest BCUT2D eigenvalue weighted by Crippen LogP contribution is -2.21. The van der Waals surface area contributed by atoms with E-state index in [0.29, 0.717) is 11.3 Å². The van der Waals surface area contributed by atoms with Gasteiger partial charge in [0.1, 0.15) is 11.4 Å². The van der Waals surface area contributed by atoms with Gasteiger partial charge in [0.05, 0.1) is 4.92 Å². The first-order valence-electron chi connectivity index (χ1n) is 7.68. The molecule has 6 heteroatoms. The van der Waals surface area contributed by atoms with E-state index in [0.717, 1.165) is 12.0 Å². The van der Waals surface area contributed by atoms with E-state index in [-0.39, 0.29) is 18.0 Å². The Morgan fingerprint density at radius 1 is 1.17 bits per heavy atom. The molecule has 0 atom stereocenters. The number of carbonyl (C=O) groups is 1. The lowest BCUT2D eigenvalue weighted by Gasteiger charge is -2.12. The number of carbonyl (C=O) groups excluding carboxylic acids is 1. The van der Waals surface area contributed by atoms with E-state index in [2.05, 4.69) is 12.2 Å². The molecule has 0 spiro atoms. The highest BCUT2D eigenvalue weighted by atomic mass is 16.6. The van der Waals surface area contributed by atoms with Gasteiger partial charge in [-0.05, 0) is 49.1 Å². The summed E-state index contributed by atoms with van der Waals surface area (Å²) in [6.07, 6.45) is 0.928. The fraction of sp³-hybridized carbons (Fsp3) is 0.278. The number of benzene rings is 2. The maximum Gasteiger partial charge on any atom is 0.293 e. The van der Waals surface area contributed by atoms with Crippen LogP contribution in [-0.4, -0.2) is 17.4 Å². The molecule has 2 aromatic rings. The van der Waals surface area contributed by atoms with Gasteiger partial charge in [0.2, 0.25) is 0 Å².